The monoisotopic (exact) mass is 225 g/mol. The highest BCUT2D eigenvalue weighted by molar-refractivity contribution is 7.12. The summed E-state index contributed by atoms with van der Waals surface area (Å²) in [6.45, 7) is 7.27. The van der Waals surface area contributed by atoms with Crippen LogP contribution in [0, 0.1) is 0 Å². The molecule has 0 aromatic carbocycles. The Hall–Kier alpha value is -0.380. The van der Waals surface area contributed by atoms with Gasteiger partial charge in [0.1, 0.15) is 0 Å². The molecular weight excluding hydrogens is 206 g/mol. The number of hydrogen-bond acceptors (Lipinski definition) is 3. The zero-order valence-electron chi connectivity index (χ0n) is 9.45. The van der Waals surface area contributed by atoms with Gasteiger partial charge in [0.15, 0.2) is 0 Å². The van der Waals surface area contributed by atoms with E-state index < -0.39 is 0 Å². The van der Waals surface area contributed by atoms with Crippen molar-refractivity contribution < 1.29 is 4.74 Å². The molecule has 2 heterocycles. The zero-order valence-corrected chi connectivity index (χ0v) is 10.3. The van der Waals surface area contributed by atoms with E-state index in [0.717, 1.165) is 26.2 Å². The molecule has 0 aliphatic carbocycles. The average molecular weight is 225 g/mol. The van der Waals surface area contributed by atoms with E-state index in [1.165, 1.54) is 9.75 Å². The largest absolute Gasteiger partial charge is 0.380 e. The lowest BCUT2D eigenvalue weighted by Gasteiger charge is -2.08. The van der Waals surface area contributed by atoms with E-state index in [-0.39, 0.29) is 0 Å². The molecule has 1 aliphatic rings. The van der Waals surface area contributed by atoms with E-state index >= 15 is 0 Å². The van der Waals surface area contributed by atoms with E-state index in [1.54, 1.807) is 0 Å². The van der Waals surface area contributed by atoms with E-state index in [1.807, 2.05) is 11.3 Å². The Bertz CT molecular complexity index is 302. The van der Waals surface area contributed by atoms with Crippen molar-refractivity contribution in [3.8, 4) is 0 Å². The lowest BCUT2D eigenvalue weighted by molar-refractivity contribution is 0.190. The fourth-order valence-electron chi connectivity index (χ4n) is 1.74. The molecular formula is C12H19NOS. The van der Waals surface area contributed by atoms with Gasteiger partial charge in [-0.05, 0) is 24.5 Å². The molecule has 0 amide bonds. The first-order valence-corrected chi connectivity index (χ1v) is 6.47. The molecule has 1 fully saturated rings. The molecule has 84 valence electrons. The fourth-order valence-corrected chi connectivity index (χ4v) is 2.71. The Morgan fingerprint density at radius 1 is 1.53 bits per heavy atom. The van der Waals surface area contributed by atoms with Crippen molar-refractivity contribution in [2.75, 3.05) is 13.2 Å². The van der Waals surface area contributed by atoms with Gasteiger partial charge in [-0.1, -0.05) is 13.8 Å². The van der Waals surface area contributed by atoms with Crippen LogP contribution in [0.2, 0.25) is 0 Å². The summed E-state index contributed by atoms with van der Waals surface area (Å²) in [7, 11) is 0. The fraction of sp³-hybridized carbons (Fsp3) is 0.667. The second-order valence-electron chi connectivity index (χ2n) is 4.40. The number of thiophene rings is 1. The van der Waals surface area contributed by atoms with Crippen LogP contribution in [0.15, 0.2) is 12.1 Å². The van der Waals surface area contributed by atoms with Crippen LogP contribution in [0.4, 0.5) is 0 Å². The van der Waals surface area contributed by atoms with Crippen molar-refractivity contribution in [1.82, 2.24) is 5.32 Å². The van der Waals surface area contributed by atoms with Crippen molar-refractivity contribution in [2.45, 2.75) is 38.8 Å². The lowest BCUT2D eigenvalue weighted by Crippen LogP contribution is -2.28. The first-order valence-electron chi connectivity index (χ1n) is 5.65. The van der Waals surface area contributed by atoms with E-state index in [0.29, 0.717) is 12.0 Å². The maximum absolute atomic E-state index is 5.33. The van der Waals surface area contributed by atoms with Gasteiger partial charge in [0.25, 0.3) is 0 Å². The normalized spacial score (nSPS) is 21.4. The van der Waals surface area contributed by atoms with Crippen molar-refractivity contribution in [1.29, 1.82) is 0 Å². The smallest absolute Gasteiger partial charge is 0.0620 e. The van der Waals surface area contributed by atoms with E-state index in [9.17, 15) is 0 Å². The summed E-state index contributed by atoms with van der Waals surface area (Å²) in [5, 5.41) is 3.54. The van der Waals surface area contributed by atoms with Crippen LogP contribution < -0.4 is 5.32 Å². The second kappa shape index (κ2) is 5.10. The summed E-state index contributed by atoms with van der Waals surface area (Å²) < 4.78 is 5.33. The molecule has 0 saturated carbocycles. The molecule has 1 aromatic rings. The van der Waals surface area contributed by atoms with Gasteiger partial charge in [-0.25, -0.2) is 0 Å². The first-order chi connectivity index (χ1) is 7.25. The lowest BCUT2D eigenvalue weighted by atomic mass is 10.2. The molecule has 0 bridgehead atoms. The standard InChI is InChI=1S/C12H19NOS/c1-9(2)12-4-3-11(15-12)7-13-10-5-6-14-8-10/h3-4,9-10,13H,5-8H2,1-2H3/t10-/m0/s1. The maximum Gasteiger partial charge on any atom is 0.0620 e. The molecule has 1 aromatic heterocycles. The van der Waals surface area contributed by atoms with E-state index in [2.05, 4.69) is 31.3 Å². The maximum atomic E-state index is 5.33. The number of nitrogens with one attached hydrogen (secondary N) is 1. The quantitative estimate of drug-likeness (QED) is 0.850. The highest BCUT2D eigenvalue weighted by Crippen LogP contribution is 2.24. The number of ether oxygens (including phenoxy) is 1. The van der Waals surface area contributed by atoms with Gasteiger partial charge < -0.3 is 10.1 Å². The number of hydrogen-bond donors (Lipinski definition) is 1. The predicted octanol–water partition coefficient (Wildman–Crippen LogP) is 2.75. The molecule has 2 rings (SSSR count). The Morgan fingerprint density at radius 2 is 2.40 bits per heavy atom. The molecule has 0 radical (unpaired) electrons. The van der Waals surface area contributed by atoms with Crippen LogP contribution in [0.1, 0.15) is 35.9 Å². The minimum atomic E-state index is 0.564. The molecule has 3 heteroatoms. The Balaban J connectivity index is 1.82. The molecule has 0 unspecified atom stereocenters. The Labute approximate surface area is 95.6 Å². The first kappa shape index (κ1) is 11.1. The van der Waals surface area contributed by atoms with Gasteiger partial charge in [-0.2, -0.15) is 0 Å². The summed E-state index contributed by atoms with van der Waals surface area (Å²) in [4.78, 5) is 2.92. The summed E-state index contributed by atoms with van der Waals surface area (Å²) >= 11 is 1.92. The minimum absolute atomic E-state index is 0.564. The van der Waals surface area contributed by atoms with Crippen molar-refractivity contribution in [2.24, 2.45) is 0 Å². The molecule has 15 heavy (non-hydrogen) atoms. The average Bonchev–Trinajstić information content (AvgIpc) is 2.86. The molecule has 2 nitrogen and oxygen atoms in total. The summed E-state index contributed by atoms with van der Waals surface area (Å²) in [5.41, 5.74) is 0. The van der Waals surface area contributed by atoms with Crippen LogP contribution >= 0.6 is 11.3 Å². The predicted molar refractivity (Wildman–Crippen MR) is 64.5 cm³/mol. The van der Waals surface area contributed by atoms with Gasteiger partial charge >= 0.3 is 0 Å². The third kappa shape index (κ3) is 3.03. The van der Waals surface area contributed by atoms with Gasteiger partial charge in [0.05, 0.1) is 6.61 Å². The summed E-state index contributed by atoms with van der Waals surface area (Å²) in [5.74, 6) is 0.651. The molecule has 1 atom stereocenters. The summed E-state index contributed by atoms with van der Waals surface area (Å²) in [6, 6.07) is 5.05. The minimum Gasteiger partial charge on any atom is -0.380 e. The highest BCUT2D eigenvalue weighted by atomic mass is 32.1. The van der Waals surface area contributed by atoms with Crippen LogP contribution in [0.5, 0.6) is 0 Å². The van der Waals surface area contributed by atoms with Crippen molar-refractivity contribution >= 4 is 11.3 Å². The zero-order chi connectivity index (χ0) is 10.7. The van der Waals surface area contributed by atoms with Gasteiger partial charge in [0.2, 0.25) is 0 Å². The van der Waals surface area contributed by atoms with Crippen molar-refractivity contribution in [3.63, 3.8) is 0 Å². The second-order valence-corrected chi connectivity index (χ2v) is 5.60. The van der Waals surface area contributed by atoms with Gasteiger partial charge in [-0.3, -0.25) is 0 Å². The topological polar surface area (TPSA) is 21.3 Å². The Morgan fingerprint density at radius 3 is 3.00 bits per heavy atom. The molecule has 1 N–H and O–H groups in total. The van der Waals surface area contributed by atoms with Crippen molar-refractivity contribution in [3.05, 3.63) is 21.9 Å². The summed E-state index contributed by atoms with van der Waals surface area (Å²) in [6.07, 6.45) is 1.16. The van der Waals surface area contributed by atoms with Gasteiger partial charge in [-0.15, -0.1) is 11.3 Å². The molecule has 1 saturated heterocycles. The van der Waals surface area contributed by atoms with Crippen LogP contribution in [-0.4, -0.2) is 19.3 Å². The van der Waals surface area contributed by atoms with Crippen LogP contribution in [0.25, 0.3) is 0 Å². The number of rotatable bonds is 4. The molecule has 0 spiro atoms. The Kier molecular flexibility index (Phi) is 3.78. The SMILES string of the molecule is CC(C)c1ccc(CN[C@H]2CCOC2)s1. The van der Waals surface area contributed by atoms with Crippen LogP contribution in [0.3, 0.4) is 0 Å². The highest BCUT2D eigenvalue weighted by Gasteiger charge is 2.14. The van der Waals surface area contributed by atoms with E-state index in [4.69, 9.17) is 4.74 Å². The van der Waals surface area contributed by atoms with Crippen LogP contribution in [-0.2, 0) is 11.3 Å². The third-order valence-electron chi connectivity index (χ3n) is 2.75. The molecule has 1 aliphatic heterocycles. The third-order valence-corrected chi connectivity index (χ3v) is 4.13. The van der Waals surface area contributed by atoms with Gasteiger partial charge in [0, 0.05) is 28.9 Å².